The number of halogens is 1. The average molecular weight is 285 g/mol. The lowest BCUT2D eigenvalue weighted by molar-refractivity contribution is -0.121. The zero-order valence-electron chi connectivity index (χ0n) is 12.3. The van der Waals surface area contributed by atoms with Gasteiger partial charge in [-0.1, -0.05) is 62.4 Å². The quantitative estimate of drug-likeness (QED) is 0.887. The number of carbonyl (C=O) groups excluding carboxylic acids is 1. The topological polar surface area (TPSA) is 29.1 Å². The summed E-state index contributed by atoms with van der Waals surface area (Å²) in [6.45, 7) is 4.11. The Labute approximate surface area is 125 Å². The van der Waals surface area contributed by atoms with Gasteiger partial charge in [0.05, 0.1) is 12.5 Å². The summed E-state index contributed by atoms with van der Waals surface area (Å²) >= 11 is 0. The van der Waals surface area contributed by atoms with Crippen LogP contribution in [-0.2, 0) is 11.2 Å². The van der Waals surface area contributed by atoms with Crippen molar-refractivity contribution in [1.82, 2.24) is 5.32 Å². The second-order valence-electron chi connectivity index (χ2n) is 5.47. The number of rotatable bonds is 5. The molecule has 0 heterocycles. The van der Waals surface area contributed by atoms with E-state index < -0.39 is 0 Å². The van der Waals surface area contributed by atoms with Crippen LogP contribution >= 0.6 is 0 Å². The summed E-state index contributed by atoms with van der Waals surface area (Å²) in [5, 5.41) is 3.00. The van der Waals surface area contributed by atoms with E-state index in [0.717, 1.165) is 5.56 Å². The minimum atomic E-state index is -0.339. The van der Waals surface area contributed by atoms with Gasteiger partial charge in [-0.2, -0.15) is 0 Å². The third-order valence-corrected chi connectivity index (χ3v) is 3.45. The third kappa shape index (κ3) is 4.15. The first-order valence-corrected chi connectivity index (χ1v) is 7.15. The molecule has 2 nitrogen and oxygen atoms in total. The zero-order valence-corrected chi connectivity index (χ0v) is 12.3. The Morgan fingerprint density at radius 1 is 1.05 bits per heavy atom. The summed E-state index contributed by atoms with van der Waals surface area (Å²) in [5.74, 6) is -0.243. The molecule has 0 aliphatic carbocycles. The Balaban J connectivity index is 2.08. The number of nitrogens with one attached hydrogen (secondary N) is 1. The number of hydrogen-bond donors (Lipinski definition) is 1. The molecule has 21 heavy (non-hydrogen) atoms. The lowest BCUT2D eigenvalue weighted by Gasteiger charge is -2.23. The normalized spacial score (nSPS) is 12.2. The number of carbonyl (C=O) groups is 1. The van der Waals surface area contributed by atoms with E-state index in [0.29, 0.717) is 5.56 Å². The van der Waals surface area contributed by atoms with Crippen LogP contribution in [0, 0.1) is 11.7 Å². The van der Waals surface area contributed by atoms with Crippen LogP contribution in [0.5, 0.6) is 0 Å². The van der Waals surface area contributed by atoms with E-state index in [4.69, 9.17) is 0 Å². The molecule has 0 bridgehead atoms. The summed E-state index contributed by atoms with van der Waals surface area (Å²) in [6, 6.07) is 16.2. The highest BCUT2D eigenvalue weighted by Crippen LogP contribution is 2.21. The number of amides is 1. The third-order valence-electron chi connectivity index (χ3n) is 3.45. The molecule has 0 spiro atoms. The molecule has 0 saturated heterocycles. The Kier molecular flexibility index (Phi) is 5.09. The van der Waals surface area contributed by atoms with Gasteiger partial charge in [-0.25, -0.2) is 4.39 Å². The van der Waals surface area contributed by atoms with Gasteiger partial charge in [0.1, 0.15) is 5.82 Å². The van der Waals surface area contributed by atoms with Crippen LogP contribution < -0.4 is 5.32 Å². The van der Waals surface area contributed by atoms with Crippen LogP contribution in [0.15, 0.2) is 54.6 Å². The fraction of sp³-hybridized carbons (Fsp3) is 0.278. The highest BCUT2D eigenvalue weighted by atomic mass is 19.1. The van der Waals surface area contributed by atoms with Crippen molar-refractivity contribution in [2.45, 2.75) is 26.3 Å². The molecule has 0 unspecified atom stereocenters. The van der Waals surface area contributed by atoms with Crippen molar-refractivity contribution < 1.29 is 9.18 Å². The number of hydrogen-bond acceptors (Lipinski definition) is 1. The van der Waals surface area contributed by atoms with Gasteiger partial charge in [-0.3, -0.25) is 4.79 Å². The molecular weight excluding hydrogens is 265 g/mol. The first-order chi connectivity index (χ1) is 10.1. The van der Waals surface area contributed by atoms with E-state index in [1.807, 2.05) is 30.3 Å². The van der Waals surface area contributed by atoms with Crippen molar-refractivity contribution in [2.24, 2.45) is 5.92 Å². The van der Waals surface area contributed by atoms with Crippen molar-refractivity contribution in [3.05, 3.63) is 71.5 Å². The van der Waals surface area contributed by atoms with E-state index >= 15 is 0 Å². The van der Waals surface area contributed by atoms with Gasteiger partial charge in [-0.05, 0) is 23.1 Å². The lowest BCUT2D eigenvalue weighted by Crippen LogP contribution is -2.33. The molecule has 0 saturated carbocycles. The highest BCUT2D eigenvalue weighted by Gasteiger charge is 2.18. The van der Waals surface area contributed by atoms with E-state index in [1.54, 1.807) is 18.2 Å². The Hall–Kier alpha value is -2.16. The maximum Gasteiger partial charge on any atom is 0.225 e. The largest absolute Gasteiger partial charge is 0.349 e. The summed E-state index contributed by atoms with van der Waals surface area (Å²) in [5.41, 5.74) is 1.49. The molecule has 2 rings (SSSR count). The van der Waals surface area contributed by atoms with Crippen LogP contribution in [0.2, 0.25) is 0 Å². The number of benzene rings is 2. The minimum Gasteiger partial charge on any atom is -0.349 e. The maximum atomic E-state index is 13.6. The molecule has 0 aliphatic rings. The molecule has 0 radical (unpaired) electrons. The van der Waals surface area contributed by atoms with Crippen molar-refractivity contribution >= 4 is 5.91 Å². The fourth-order valence-corrected chi connectivity index (χ4v) is 2.33. The molecule has 0 aromatic heterocycles. The van der Waals surface area contributed by atoms with E-state index in [9.17, 15) is 9.18 Å². The van der Waals surface area contributed by atoms with Gasteiger partial charge in [0.25, 0.3) is 0 Å². The van der Waals surface area contributed by atoms with E-state index in [1.165, 1.54) is 6.07 Å². The zero-order chi connectivity index (χ0) is 15.2. The van der Waals surface area contributed by atoms with Gasteiger partial charge in [0.2, 0.25) is 5.91 Å². The van der Waals surface area contributed by atoms with Crippen molar-refractivity contribution in [1.29, 1.82) is 0 Å². The summed E-state index contributed by atoms with van der Waals surface area (Å²) in [6.07, 6.45) is 0.0583. The molecule has 1 atom stereocenters. The van der Waals surface area contributed by atoms with Crippen molar-refractivity contribution in [3.8, 4) is 0 Å². The Morgan fingerprint density at radius 2 is 1.67 bits per heavy atom. The van der Waals surface area contributed by atoms with Crippen LogP contribution in [0.3, 0.4) is 0 Å². The minimum absolute atomic E-state index is 0.0583. The van der Waals surface area contributed by atoms with Gasteiger partial charge in [0, 0.05) is 0 Å². The second-order valence-corrected chi connectivity index (χ2v) is 5.47. The highest BCUT2D eigenvalue weighted by molar-refractivity contribution is 5.79. The molecule has 0 fully saturated rings. The van der Waals surface area contributed by atoms with Crippen LogP contribution in [0.25, 0.3) is 0 Å². The van der Waals surface area contributed by atoms with Crippen molar-refractivity contribution in [2.75, 3.05) is 0 Å². The fourth-order valence-electron chi connectivity index (χ4n) is 2.33. The monoisotopic (exact) mass is 285 g/mol. The molecule has 2 aromatic rings. The SMILES string of the molecule is CC(C)[C@H](NC(=O)Cc1ccccc1F)c1ccccc1. The second kappa shape index (κ2) is 7.02. The van der Waals surface area contributed by atoms with Gasteiger partial charge in [-0.15, -0.1) is 0 Å². The van der Waals surface area contributed by atoms with Crippen LogP contribution in [-0.4, -0.2) is 5.91 Å². The van der Waals surface area contributed by atoms with Gasteiger partial charge >= 0.3 is 0 Å². The van der Waals surface area contributed by atoms with E-state index in [-0.39, 0.29) is 30.1 Å². The Morgan fingerprint density at radius 3 is 2.29 bits per heavy atom. The molecule has 1 N–H and O–H groups in total. The standard InChI is InChI=1S/C18H20FNO/c1-13(2)18(14-8-4-3-5-9-14)20-17(21)12-15-10-6-7-11-16(15)19/h3-11,13,18H,12H2,1-2H3,(H,20,21)/t18-/m0/s1. The van der Waals surface area contributed by atoms with Crippen LogP contribution in [0.4, 0.5) is 4.39 Å². The van der Waals surface area contributed by atoms with Crippen LogP contribution in [0.1, 0.15) is 31.0 Å². The predicted octanol–water partition coefficient (Wildman–Crippen LogP) is 3.88. The molecule has 0 aliphatic heterocycles. The molecule has 3 heteroatoms. The molecular formula is C18H20FNO. The molecule has 110 valence electrons. The lowest BCUT2D eigenvalue weighted by atomic mass is 9.95. The first-order valence-electron chi connectivity index (χ1n) is 7.15. The summed E-state index contributed by atoms with van der Waals surface area (Å²) < 4.78 is 13.6. The summed E-state index contributed by atoms with van der Waals surface area (Å²) in [4.78, 5) is 12.2. The molecule has 2 aromatic carbocycles. The van der Waals surface area contributed by atoms with Crippen molar-refractivity contribution in [3.63, 3.8) is 0 Å². The van der Waals surface area contributed by atoms with E-state index in [2.05, 4.69) is 19.2 Å². The molecule has 1 amide bonds. The predicted molar refractivity (Wildman–Crippen MR) is 82.3 cm³/mol. The maximum absolute atomic E-state index is 13.6. The summed E-state index contributed by atoms with van der Waals surface area (Å²) in [7, 11) is 0. The smallest absolute Gasteiger partial charge is 0.225 e. The average Bonchev–Trinajstić information content (AvgIpc) is 2.48. The van der Waals surface area contributed by atoms with Gasteiger partial charge < -0.3 is 5.32 Å². The van der Waals surface area contributed by atoms with Gasteiger partial charge in [0.15, 0.2) is 0 Å². The Bertz CT molecular complexity index is 595. The first kappa shape index (κ1) is 15.2.